The summed E-state index contributed by atoms with van der Waals surface area (Å²) in [6, 6.07) is 9.79. The van der Waals surface area contributed by atoms with Gasteiger partial charge in [0, 0.05) is 17.2 Å². The van der Waals surface area contributed by atoms with Crippen molar-refractivity contribution in [3.63, 3.8) is 0 Å². The lowest BCUT2D eigenvalue weighted by Crippen LogP contribution is -1.97. The third kappa shape index (κ3) is 2.51. The molecule has 2 aromatic carbocycles. The van der Waals surface area contributed by atoms with Gasteiger partial charge in [-0.2, -0.15) is 0 Å². The minimum atomic E-state index is 0.180. The molecule has 0 fully saturated rings. The van der Waals surface area contributed by atoms with Gasteiger partial charge in [-0.05, 0) is 36.0 Å². The smallest absolute Gasteiger partial charge is 0.123 e. The molecule has 106 valence electrons. The second-order valence-electron chi connectivity index (χ2n) is 5.01. The molecule has 2 heteroatoms. The molecule has 0 heterocycles. The maximum atomic E-state index is 10.1. The van der Waals surface area contributed by atoms with Crippen LogP contribution in [0.25, 0.3) is 11.1 Å². The highest BCUT2D eigenvalue weighted by Gasteiger charge is 2.17. The highest BCUT2D eigenvalue weighted by atomic mass is 16.3. The molecule has 0 aliphatic rings. The number of phenols is 2. The lowest BCUT2D eigenvalue weighted by molar-refractivity contribution is 0.443. The van der Waals surface area contributed by atoms with Gasteiger partial charge < -0.3 is 10.2 Å². The van der Waals surface area contributed by atoms with Crippen LogP contribution in [0.4, 0.5) is 0 Å². The Hall–Kier alpha value is -1.96. The molecule has 0 amide bonds. The summed E-state index contributed by atoms with van der Waals surface area (Å²) < 4.78 is 0. The number of rotatable bonds is 4. The second-order valence-corrected chi connectivity index (χ2v) is 5.01. The third-order valence-corrected chi connectivity index (χ3v) is 3.83. The van der Waals surface area contributed by atoms with E-state index >= 15 is 0 Å². The van der Waals surface area contributed by atoms with Crippen LogP contribution in [0.2, 0.25) is 0 Å². The van der Waals surface area contributed by atoms with Gasteiger partial charge in [-0.15, -0.1) is 0 Å². The fraction of sp³-hybridized carbons (Fsp3) is 0.333. The second kappa shape index (κ2) is 6.00. The molecular formula is C18H22O2. The highest BCUT2D eigenvalue weighted by Crippen LogP contribution is 2.39. The van der Waals surface area contributed by atoms with E-state index in [1.54, 1.807) is 0 Å². The van der Waals surface area contributed by atoms with E-state index in [1.807, 2.05) is 26.0 Å². The van der Waals surface area contributed by atoms with Crippen molar-refractivity contribution in [2.45, 2.75) is 40.0 Å². The van der Waals surface area contributed by atoms with Crippen LogP contribution in [0, 0.1) is 0 Å². The standard InChI is InChI=1S/C18H22O2/c1-4-12-8-7-9-13(10-12)18-14(5-2)16(19)11-17(20)15(18)6-3/h7-11,19-20H,4-6H2,1-3H3. The molecule has 0 aliphatic carbocycles. The summed E-state index contributed by atoms with van der Waals surface area (Å²) >= 11 is 0. The van der Waals surface area contributed by atoms with E-state index in [4.69, 9.17) is 0 Å². The van der Waals surface area contributed by atoms with Crippen molar-refractivity contribution in [2.24, 2.45) is 0 Å². The Labute approximate surface area is 120 Å². The van der Waals surface area contributed by atoms with E-state index in [1.165, 1.54) is 11.6 Å². The maximum absolute atomic E-state index is 10.1. The first-order valence-electron chi connectivity index (χ1n) is 7.28. The van der Waals surface area contributed by atoms with E-state index in [9.17, 15) is 10.2 Å². The number of aromatic hydroxyl groups is 2. The molecule has 0 atom stereocenters. The van der Waals surface area contributed by atoms with Gasteiger partial charge in [-0.25, -0.2) is 0 Å². The van der Waals surface area contributed by atoms with E-state index in [0.717, 1.165) is 41.5 Å². The van der Waals surface area contributed by atoms with Crippen molar-refractivity contribution in [2.75, 3.05) is 0 Å². The van der Waals surface area contributed by atoms with Crippen molar-refractivity contribution in [3.05, 3.63) is 47.0 Å². The molecule has 2 rings (SSSR count). The SMILES string of the molecule is CCc1cccc(-c2c(CC)c(O)cc(O)c2CC)c1. The van der Waals surface area contributed by atoms with Crippen LogP contribution < -0.4 is 0 Å². The molecule has 0 spiro atoms. The highest BCUT2D eigenvalue weighted by molar-refractivity contribution is 5.76. The summed E-state index contributed by atoms with van der Waals surface area (Å²) in [6.07, 6.45) is 2.46. The molecular weight excluding hydrogens is 248 g/mol. The zero-order valence-corrected chi connectivity index (χ0v) is 12.4. The molecule has 20 heavy (non-hydrogen) atoms. The molecule has 2 aromatic rings. The fourth-order valence-corrected chi connectivity index (χ4v) is 2.75. The van der Waals surface area contributed by atoms with Gasteiger partial charge in [0.15, 0.2) is 0 Å². The molecule has 0 aliphatic heterocycles. The van der Waals surface area contributed by atoms with Crippen LogP contribution in [-0.4, -0.2) is 10.2 Å². The van der Waals surface area contributed by atoms with Gasteiger partial charge in [0.25, 0.3) is 0 Å². The summed E-state index contributed by atoms with van der Waals surface area (Å²) in [6.45, 7) is 6.18. The molecule has 0 saturated carbocycles. The molecule has 0 radical (unpaired) electrons. The topological polar surface area (TPSA) is 40.5 Å². The molecule has 0 unspecified atom stereocenters. The van der Waals surface area contributed by atoms with Crippen LogP contribution in [0.1, 0.15) is 37.5 Å². The van der Waals surface area contributed by atoms with Gasteiger partial charge in [-0.3, -0.25) is 0 Å². The lowest BCUT2D eigenvalue weighted by Gasteiger charge is -2.17. The van der Waals surface area contributed by atoms with Gasteiger partial charge >= 0.3 is 0 Å². The lowest BCUT2D eigenvalue weighted by atomic mass is 9.89. The van der Waals surface area contributed by atoms with Gasteiger partial charge in [0.2, 0.25) is 0 Å². The average Bonchev–Trinajstić information content (AvgIpc) is 2.46. The van der Waals surface area contributed by atoms with Crippen LogP contribution in [0.3, 0.4) is 0 Å². The Balaban J connectivity index is 2.75. The minimum Gasteiger partial charge on any atom is -0.508 e. The predicted molar refractivity (Wildman–Crippen MR) is 83.3 cm³/mol. The maximum Gasteiger partial charge on any atom is 0.123 e. The van der Waals surface area contributed by atoms with Crippen molar-refractivity contribution < 1.29 is 10.2 Å². The van der Waals surface area contributed by atoms with Crippen LogP contribution in [-0.2, 0) is 19.3 Å². The number of hydrogen-bond donors (Lipinski definition) is 2. The first kappa shape index (κ1) is 14.4. The number of hydrogen-bond acceptors (Lipinski definition) is 2. The third-order valence-electron chi connectivity index (χ3n) is 3.83. The molecule has 2 nitrogen and oxygen atoms in total. The zero-order chi connectivity index (χ0) is 14.7. The number of benzene rings is 2. The van der Waals surface area contributed by atoms with Gasteiger partial charge in [-0.1, -0.05) is 45.0 Å². The zero-order valence-electron chi connectivity index (χ0n) is 12.4. The summed E-state index contributed by atoms with van der Waals surface area (Å²) in [7, 11) is 0. The molecule has 0 bridgehead atoms. The van der Waals surface area contributed by atoms with Crippen LogP contribution in [0.15, 0.2) is 30.3 Å². The van der Waals surface area contributed by atoms with E-state index in [2.05, 4.69) is 19.1 Å². The van der Waals surface area contributed by atoms with E-state index in [-0.39, 0.29) is 11.5 Å². The molecule has 2 N–H and O–H groups in total. The van der Waals surface area contributed by atoms with Crippen molar-refractivity contribution in [3.8, 4) is 22.6 Å². The summed E-state index contributed by atoms with van der Waals surface area (Å²) in [5.74, 6) is 0.359. The summed E-state index contributed by atoms with van der Waals surface area (Å²) in [4.78, 5) is 0. The normalized spacial score (nSPS) is 10.8. The Morgan fingerprint density at radius 1 is 0.800 bits per heavy atom. The Morgan fingerprint density at radius 2 is 1.40 bits per heavy atom. The fourth-order valence-electron chi connectivity index (χ4n) is 2.75. The van der Waals surface area contributed by atoms with Crippen molar-refractivity contribution in [1.82, 2.24) is 0 Å². The average molecular weight is 270 g/mol. The predicted octanol–water partition coefficient (Wildman–Crippen LogP) is 4.45. The monoisotopic (exact) mass is 270 g/mol. The largest absolute Gasteiger partial charge is 0.508 e. The first-order chi connectivity index (χ1) is 9.62. The first-order valence-corrected chi connectivity index (χ1v) is 7.28. The van der Waals surface area contributed by atoms with Crippen molar-refractivity contribution in [1.29, 1.82) is 0 Å². The van der Waals surface area contributed by atoms with E-state index < -0.39 is 0 Å². The van der Waals surface area contributed by atoms with Crippen LogP contribution >= 0.6 is 0 Å². The summed E-state index contributed by atoms with van der Waals surface area (Å²) in [5, 5.41) is 20.2. The quantitative estimate of drug-likeness (QED) is 0.861. The van der Waals surface area contributed by atoms with E-state index in [0.29, 0.717) is 0 Å². The number of aryl methyl sites for hydroxylation is 1. The Kier molecular flexibility index (Phi) is 4.33. The Morgan fingerprint density at radius 3 is 1.90 bits per heavy atom. The Bertz CT molecular complexity index is 587. The molecule has 0 saturated heterocycles. The van der Waals surface area contributed by atoms with Gasteiger partial charge in [0.1, 0.15) is 11.5 Å². The molecule has 0 aromatic heterocycles. The van der Waals surface area contributed by atoms with Crippen molar-refractivity contribution >= 4 is 0 Å². The minimum absolute atomic E-state index is 0.180. The summed E-state index contributed by atoms with van der Waals surface area (Å²) in [5.41, 5.74) is 5.14. The number of phenolic OH excluding ortho intramolecular Hbond substituents is 2. The van der Waals surface area contributed by atoms with Gasteiger partial charge in [0.05, 0.1) is 0 Å². The van der Waals surface area contributed by atoms with Crippen LogP contribution in [0.5, 0.6) is 11.5 Å².